The summed E-state index contributed by atoms with van der Waals surface area (Å²) in [6.45, 7) is 17.5. The van der Waals surface area contributed by atoms with Crippen molar-refractivity contribution in [2.24, 2.45) is 10.7 Å². The van der Waals surface area contributed by atoms with E-state index in [1.54, 1.807) is 0 Å². The highest BCUT2D eigenvalue weighted by Gasteiger charge is 2.07. The van der Waals surface area contributed by atoms with Crippen molar-refractivity contribution in [3.05, 3.63) is 23.5 Å². The lowest BCUT2D eigenvalue weighted by Crippen LogP contribution is -2.39. The van der Waals surface area contributed by atoms with Crippen molar-refractivity contribution in [2.75, 3.05) is 46.4 Å². The SMILES string of the molecule is C=N/C=C(/N)C=C(C)C.CC.CNCCN1CCOCC1. The number of nitrogens with two attached hydrogens (primary N) is 1. The summed E-state index contributed by atoms with van der Waals surface area (Å²) >= 11 is 0. The topological polar surface area (TPSA) is 62.9 Å². The molecule has 0 bridgehead atoms. The first-order chi connectivity index (χ1) is 10.1. The van der Waals surface area contributed by atoms with Crippen LogP contribution in [0.15, 0.2) is 28.5 Å². The van der Waals surface area contributed by atoms with Crippen LogP contribution in [-0.2, 0) is 4.74 Å². The fourth-order valence-corrected chi connectivity index (χ4v) is 1.57. The summed E-state index contributed by atoms with van der Waals surface area (Å²) in [5, 5.41) is 3.13. The second-order valence-electron chi connectivity index (χ2n) is 4.59. The fraction of sp³-hybridized carbons (Fsp3) is 0.688. The Kier molecular flexibility index (Phi) is 17.8. The molecule has 0 aromatic rings. The van der Waals surface area contributed by atoms with E-state index in [1.807, 2.05) is 40.8 Å². The molecule has 1 aliphatic heterocycles. The molecule has 21 heavy (non-hydrogen) atoms. The third-order valence-electron chi connectivity index (χ3n) is 2.48. The minimum Gasteiger partial charge on any atom is -0.397 e. The highest BCUT2D eigenvalue weighted by atomic mass is 16.5. The highest BCUT2D eigenvalue weighted by molar-refractivity contribution is 5.28. The number of hydrogen-bond acceptors (Lipinski definition) is 5. The van der Waals surface area contributed by atoms with Crippen molar-refractivity contribution in [1.29, 1.82) is 0 Å². The Balaban J connectivity index is 0. The van der Waals surface area contributed by atoms with Gasteiger partial charge in [0.15, 0.2) is 0 Å². The predicted octanol–water partition coefficient (Wildman–Crippen LogP) is 2.02. The molecule has 0 aliphatic carbocycles. The molecule has 1 aliphatic rings. The van der Waals surface area contributed by atoms with Gasteiger partial charge in [0, 0.05) is 38.1 Å². The van der Waals surface area contributed by atoms with Crippen LogP contribution in [-0.4, -0.2) is 58.1 Å². The molecule has 1 saturated heterocycles. The Morgan fingerprint density at radius 3 is 2.33 bits per heavy atom. The number of nitrogens with zero attached hydrogens (tertiary/aromatic N) is 2. The Bertz CT molecular complexity index is 291. The quantitative estimate of drug-likeness (QED) is 0.602. The number of hydrogen-bond donors (Lipinski definition) is 2. The van der Waals surface area contributed by atoms with Gasteiger partial charge in [-0.2, -0.15) is 0 Å². The van der Waals surface area contributed by atoms with Gasteiger partial charge in [-0.15, -0.1) is 0 Å². The van der Waals surface area contributed by atoms with Gasteiger partial charge < -0.3 is 15.8 Å². The van der Waals surface area contributed by atoms with Crippen molar-refractivity contribution < 1.29 is 4.74 Å². The molecule has 0 aromatic carbocycles. The van der Waals surface area contributed by atoms with E-state index in [4.69, 9.17) is 10.5 Å². The Morgan fingerprint density at radius 2 is 1.90 bits per heavy atom. The van der Waals surface area contributed by atoms with Crippen LogP contribution in [0.2, 0.25) is 0 Å². The number of aliphatic imine (C=N–C) groups is 1. The first-order valence-electron chi connectivity index (χ1n) is 7.61. The average molecular weight is 298 g/mol. The number of nitrogens with one attached hydrogen (secondary N) is 1. The lowest BCUT2D eigenvalue weighted by molar-refractivity contribution is 0.0386. The van der Waals surface area contributed by atoms with Crippen molar-refractivity contribution in [3.63, 3.8) is 0 Å². The molecule has 0 unspecified atom stereocenters. The molecule has 5 heteroatoms. The van der Waals surface area contributed by atoms with Crippen LogP contribution in [0, 0.1) is 0 Å². The molecule has 1 fully saturated rings. The maximum absolute atomic E-state index is 5.44. The number of allylic oxidation sites excluding steroid dienone is 2. The molecule has 124 valence electrons. The molecular formula is C16H34N4O. The van der Waals surface area contributed by atoms with Crippen LogP contribution >= 0.6 is 0 Å². The zero-order valence-electron chi connectivity index (χ0n) is 14.5. The Hall–Kier alpha value is -1.17. The first kappa shape index (κ1) is 22.1. The summed E-state index contributed by atoms with van der Waals surface area (Å²) in [6, 6.07) is 0. The largest absolute Gasteiger partial charge is 0.397 e. The third-order valence-corrected chi connectivity index (χ3v) is 2.48. The lowest BCUT2D eigenvalue weighted by atomic mass is 10.3. The minimum atomic E-state index is 0.644. The maximum Gasteiger partial charge on any atom is 0.0594 e. The van der Waals surface area contributed by atoms with Gasteiger partial charge in [-0.05, 0) is 33.7 Å². The highest BCUT2D eigenvalue weighted by Crippen LogP contribution is 1.94. The molecule has 0 aromatic heterocycles. The van der Waals surface area contributed by atoms with Gasteiger partial charge >= 0.3 is 0 Å². The van der Waals surface area contributed by atoms with Crippen LogP contribution in [0.3, 0.4) is 0 Å². The number of morpholine rings is 1. The second-order valence-corrected chi connectivity index (χ2v) is 4.59. The van der Waals surface area contributed by atoms with Crippen molar-refractivity contribution in [2.45, 2.75) is 27.7 Å². The summed E-state index contributed by atoms with van der Waals surface area (Å²) in [5.41, 5.74) is 7.24. The van der Waals surface area contributed by atoms with Gasteiger partial charge in [0.05, 0.1) is 13.2 Å². The molecule has 0 saturated carbocycles. The van der Waals surface area contributed by atoms with Crippen LogP contribution in [0.4, 0.5) is 0 Å². The molecule has 0 spiro atoms. The lowest BCUT2D eigenvalue weighted by Gasteiger charge is -2.26. The zero-order chi connectivity index (χ0) is 16.5. The minimum absolute atomic E-state index is 0.644. The molecule has 0 amide bonds. The summed E-state index contributed by atoms with van der Waals surface area (Å²) < 4.78 is 5.22. The predicted molar refractivity (Wildman–Crippen MR) is 93.8 cm³/mol. The van der Waals surface area contributed by atoms with Gasteiger partial charge in [0.1, 0.15) is 0 Å². The van der Waals surface area contributed by atoms with Crippen LogP contribution in [0.1, 0.15) is 27.7 Å². The van der Waals surface area contributed by atoms with Crippen molar-refractivity contribution >= 4 is 6.72 Å². The molecule has 5 nitrogen and oxygen atoms in total. The van der Waals surface area contributed by atoms with E-state index in [-0.39, 0.29) is 0 Å². The summed E-state index contributed by atoms with van der Waals surface area (Å²) in [6.07, 6.45) is 3.36. The summed E-state index contributed by atoms with van der Waals surface area (Å²) in [4.78, 5) is 5.92. The molecule has 1 heterocycles. The number of ether oxygens (including phenoxy) is 1. The summed E-state index contributed by atoms with van der Waals surface area (Å²) in [7, 11) is 1.99. The molecule has 3 N–H and O–H groups in total. The Morgan fingerprint density at radius 1 is 1.33 bits per heavy atom. The monoisotopic (exact) mass is 298 g/mol. The number of rotatable bonds is 5. The van der Waals surface area contributed by atoms with Gasteiger partial charge in [-0.1, -0.05) is 19.4 Å². The maximum atomic E-state index is 5.44. The van der Waals surface area contributed by atoms with E-state index in [0.29, 0.717) is 5.70 Å². The van der Waals surface area contributed by atoms with Crippen LogP contribution in [0.5, 0.6) is 0 Å². The van der Waals surface area contributed by atoms with Gasteiger partial charge in [-0.25, -0.2) is 0 Å². The van der Waals surface area contributed by atoms with Gasteiger partial charge in [0.25, 0.3) is 0 Å². The van der Waals surface area contributed by atoms with Gasteiger partial charge in [0.2, 0.25) is 0 Å². The van der Waals surface area contributed by atoms with Crippen molar-refractivity contribution in [1.82, 2.24) is 10.2 Å². The zero-order valence-corrected chi connectivity index (χ0v) is 14.5. The summed E-state index contributed by atoms with van der Waals surface area (Å²) in [5.74, 6) is 0. The molecule has 1 rings (SSSR count). The van der Waals surface area contributed by atoms with Crippen molar-refractivity contribution in [3.8, 4) is 0 Å². The smallest absolute Gasteiger partial charge is 0.0594 e. The van der Waals surface area contributed by atoms with E-state index in [2.05, 4.69) is 21.9 Å². The normalized spacial score (nSPS) is 15.0. The number of likely N-dealkylation sites (N-methyl/N-ethyl adjacent to an activating group) is 1. The first-order valence-corrected chi connectivity index (χ1v) is 7.61. The van der Waals surface area contributed by atoms with E-state index in [0.717, 1.165) is 45.0 Å². The standard InChI is InChI=1S/C7H16N2O.C7H12N2.C2H6/c1-8-2-3-9-4-6-10-7-5-9;1-6(2)4-7(8)5-9-3;1-2/h8H,2-7H2,1H3;4-5H,3,8H2,1-2H3;1-2H3/b;7-5+;. The fourth-order valence-electron chi connectivity index (χ4n) is 1.57. The Labute approximate surface area is 130 Å². The van der Waals surface area contributed by atoms with E-state index < -0.39 is 0 Å². The second kappa shape index (κ2) is 16.9. The third kappa shape index (κ3) is 16.8. The van der Waals surface area contributed by atoms with E-state index >= 15 is 0 Å². The van der Waals surface area contributed by atoms with Crippen LogP contribution in [0.25, 0.3) is 0 Å². The van der Waals surface area contributed by atoms with E-state index in [1.165, 1.54) is 6.20 Å². The van der Waals surface area contributed by atoms with E-state index in [9.17, 15) is 0 Å². The van der Waals surface area contributed by atoms with Crippen LogP contribution < -0.4 is 11.1 Å². The molecular weight excluding hydrogens is 264 g/mol. The molecule has 0 radical (unpaired) electrons. The van der Waals surface area contributed by atoms with Gasteiger partial charge in [-0.3, -0.25) is 9.89 Å². The average Bonchev–Trinajstić information content (AvgIpc) is 2.48. The molecule has 0 atom stereocenters.